The minimum absolute atomic E-state index is 0.0103. The Balaban J connectivity index is 4.08. The number of rotatable bonds is 45. The number of unbranched alkanes of at least 4 members (excludes halogenated alkanes) is 24. The number of phosphoric acid groups is 1. The summed E-state index contributed by atoms with van der Waals surface area (Å²) in [4.78, 5) is 25.3. The highest BCUT2D eigenvalue weighted by molar-refractivity contribution is 7.45. The molecule has 0 rings (SSSR count). The Hall–Kier alpha value is -1.80. The van der Waals surface area contributed by atoms with Gasteiger partial charge in [-0.1, -0.05) is 197 Å². The number of phosphoric ester groups is 1. The third kappa shape index (κ3) is 46.0. The second-order valence-electron chi connectivity index (χ2n) is 18.1. The fourth-order valence-corrected chi connectivity index (χ4v) is 7.71. The highest BCUT2D eigenvalue weighted by Crippen LogP contribution is 2.38. The normalized spacial score (nSPS) is 14.7. The summed E-state index contributed by atoms with van der Waals surface area (Å²) in [5.41, 5.74) is 0. The number of aliphatic hydroxyl groups is 1. The molecule has 0 aromatic carbocycles. The number of carbonyl (C=O) groups excluding carboxylic acids is 1. The predicted molar refractivity (Wildman–Crippen MR) is 261 cm³/mol. The van der Waals surface area contributed by atoms with Gasteiger partial charge in [0, 0.05) is 6.42 Å². The van der Waals surface area contributed by atoms with Gasteiger partial charge < -0.3 is 28.8 Å². The molecule has 0 radical (unpaired) electrons. The third-order valence-corrected chi connectivity index (χ3v) is 11.9. The van der Waals surface area contributed by atoms with Crippen LogP contribution in [0.1, 0.15) is 213 Å². The largest absolute Gasteiger partial charge is 0.756 e. The van der Waals surface area contributed by atoms with Crippen molar-refractivity contribution in [3.05, 3.63) is 60.8 Å². The molecule has 9 heteroatoms. The van der Waals surface area contributed by atoms with Crippen LogP contribution in [-0.2, 0) is 18.4 Å². The number of amides is 1. The first kappa shape index (κ1) is 59.2. The molecular weight excluding hydrogens is 780 g/mol. The number of nitrogens with one attached hydrogen (secondary N) is 1. The van der Waals surface area contributed by atoms with Gasteiger partial charge in [0.1, 0.15) is 13.2 Å². The van der Waals surface area contributed by atoms with E-state index in [1.807, 2.05) is 27.2 Å². The van der Waals surface area contributed by atoms with Gasteiger partial charge in [-0.3, -0.25) is 9.36 Å². The van der Waals surface area contributed by atoms with Crippen LogP contribution in [0.5, 0.6) is 0 Å². The van der Waals surface area contributed by atoms with Crippen molar-refractivity contribution in [1.82, 2.24) is 5.32 Å². The van der Waals surface area contributed by atoms with Crippen LogP contribution < -0.4 is 10.2 Å². The fraction of sp³-hybridized carbons (Fsp3) is 0.788. The van der Waals surface area contributed by atoms with E-state index in [4.69, 9.17) is 9.05 Å². The lowest BCUT2D eigenvalue weighted by Crippen LogP contribution is -2.45. The maximum Gasteiger partial charge on any atom is 0.268 e. The Morgan fingerprint density at radius 1 is 0.590 bits per heavy atom. The van der Waals surface area contributed by atoms with Crippen molar-refractivity contribution in [2.45, 2.75) is 225 Å². The molecule has 3 unspecified atom stereocenters. The van der Waals surface area contributed by atoms with Crippen molar-refractivity contribution in [2.75, 3.05) is 40.9 Å². The number of aliphatic hydroxyl groups excluding tert-OH is 1. The standard InChI is InChI=1S/C52H97N2O6P/c1-6-8-10-12-14-16-18-19-20-21-22-23-24-25-26-27-28-29-30-31-32-33-34-35-36-38-40-42-44-46-52(56)53-50(49-60-61(57,58)59-48-47-54(3,4)5)51(55)45-43-41-39-37-17-15-13-11-9-7-2/h9,11,17-19,21-22,37,43,45,50-51,55H,6-8,10,12-16,20,23-36,38-42,44,46-49H2,1-5H3,(H-,53,56,57,58)/b11-9+,19-18-,22-21-,37-17+,45-43+. The SMILES string of the molecule is CC/C=C/CC/C=C/CC/C=C/C(O)C(COP(=O)([O-])OCC[N+](C)(C)C)NC(=O)CCCCCCCCCCCCCCCCCCC/C=C\C/C=C\CCCCCCC. The lowest BCUT2D eigenvalue weighted by Gasteiger charge is -2.29. The van der Waals surface area contributed by atoms with Crippen LogP contribution in [0.25, 0.3) is 0 Å². The monoisotopic (exact) mass is 877 g/mol. The summed E-state index contributed by atoms with van der Waals surface area (Å²) in [7, 11) is 1.23. The second-order valence-corrected chi connectivity index (χ2v) is 19.5. The van der Waals surface area contributed by atoms with Crippen molar-refractivity contribution in [2.24, 2.45) is 0 Å². The molecule has 3 atom stereocenters. The Kier molecular flexibility index (Phi) is 42.2. The molecule has 0 aliphatic rings. The summed E-state index contributed by atoms with van der Waals surface area (Å²) in [6.45, 7) is 4.48. The number of likely N-dealkylation sites (N-methyl/N-ethyl adjacent to an activating group) is 1. The van der Waals surface area contributed by atoms with Crippen LogP contribution in [0.4, 0.5) is 0 Å². The van der Waals surface area contributed by atoms with Gasteiger partial charge in [-0.05, 0) is 70.6 Å². The molecule has 0 aromatic rings. The molecule has 0 fully saturated rings. The van der Waals surface area contributed by atoms with E-state index < -0.39 is 26.6 Å². The van der Waals surface area contributed by atoms with E-state index in [1.54, 1.807) is 6.08 Å². The minimum Gasteiger partial charge on any atom is -0.756 e. The molecule has 0 aliphatic heterocycles. The maximum absolute atomic E-state index is 12.9. The first-order chi connectivity index (χ1) is 29.5. The second kappa shape index (κ2) is 43.5. The Morgan fingerprint density at radius 3 is 1.49 bits per heavy atom. The van der Waals surface area contributed by atoms with E-state index in [1.165, 1.54) is 135 Å². The summed E-state index contributed by atoms with van der Waals surface area (Å²) in [6, 6.07) is -0.908. The molecule has 0 saturated carbocycles. The summed E-state index contributed by atoms with van der Waals surface area (Å²) in [6.07, 6.45) is 57.4. The van der Waals surface area contributed by atoms with Crippen LogP contribution >= 0.6 is 7.82 Å². The van der Waals surface area contributed by atoms with E-state index >= 15 is 0 Å². The van der Waals surface area contributed by atoms with E-state index in [2.05, 4.69) is 67.8 Å². The average molecular weight is 877 g/mol. The van der Waals surface area contributed by atoms with Crippen molar-refractivity contribution in [3.8, 4) is 0 Å². The Labute approximate surface area is 377 Å². The maximum atomic E-state index is 12.9. The molecule has 0 aliphatic carbocycles. The molecule has 2 N–H and O–H groups in total. The summed E-state index contributed by atoms with van der Waals surface area (Å²) in [5, 5.41) is 13.7. The van der Waals surface area contributed by atoms with Gasteiger partial charge in [0.2, 0.25) is 5.91 Å². The lowest BCUT2D eigenvalue weighted by molar-refractivity contribution is -0.870. The van der Waals surface area contributed by atoms with Gasteiger partial charge in [0.15, 0.2) is 0 Å². The van der Waals surface area contributed by atoms with Gasteiger partial charge >= 0.3 is 0 Å². The molecule has 0 bridgehead atoms. The summed E-state index contributed by atoms with van der Waals surface area (Å²) < 4.78 is 23.2. The first-order valence-electron chi connectivity index (χ1n) is 25.2. The van der Waals surface area contributed by atoms with E-state index in [-0.39, 0.29) is 12.5 Å². The van der Waals surface area contributed by atoms with Crippen molar-refractivity contribution < 1.29 is 32.9 Å². The third-order valence-electron chi connectivity index (χ3n) is 10.9. The summed E-state index contributed by atoms with van der Waals surface area (Å²) >= 11 is 0. The van der Waals surface area contributed by atoms with Crippen molar-refractivity contribution in [3.63, 3.8) is 0 Å². The number of nitrogens with zero attached hydrogens (tertiary/aromatic N) is 1. The average Bonchev–Trinajstić information content (AvgIpc) is 3.21. The quantitative estimate of drug-likeness (QED) is 0.0273. The van der Waals surface area contributed by atoms with Gasteiger partial charge in [-0.2, -0.15) is 0 Å². The smallest absolute Gasteiger partial charge is 0.268 e. The number of carbonyl (C=O) groups is 1. The predicted octanol–water partition coefficient (Wildman–Crippen LogP) is 14.0. The number of quaternary nitrogens is 1. The Bertz CT molecular complexity index is 1180. The molecule has 8 nitrogen and oxygen atoms in total. The number of hydrogen-bond donors (Lipinski definition) is 2. The molecule has 61 heavy (non-hydrogen) atoms. The summed E-state index contributed by atoms with van der Waals surface area (Å²) in [5.74, 6) is -0.214. The fourth-order valence-electron chi connectivity index (χ4n) is 6.99. The topological polar surface area (TPSA) is 108 Å². The van der Waals surface area contributed by atoms with Crippen LogP contribution in [0.2, 0.25) is 0 Å². The zero-order valence-corrected chi connectivity index (χ0v) is 41.2. The molecule has 0 heterocycles. The van der Waals surface area contributed by atoms with Crippen molar-refractivity contribution >= 4 is 13.7 Å². The molecule has 356 valence electrons. The van der Waals surface area contributed by atoms with E-state index in [0.717, 1.165) is 57.8 Å². The van der Waals surface area contributed by atoms with Crippen LogP contribution in [0.15, 0.2) is 60.8 Å². The van der Waals surface area contributed by atoms with Gasteiger partial charge in [0.25, 0.3) is 7.82 Å². The van der Waals surface area contributed by atoms with E-state index in [0.29, 0.717) is 17.4 Å². The zero-order valence-electron chi connectivity index (χ0n) is 40.4. The highest BCUT2D eigenvalue weighted by atomic mass is 31.2. The number of allylic oxidation sites excluding steroid dienone is 9. The van der Waals surface area contributed by atoms with Crippen LogP contribution in [0.3, 0.4) is 0 Å². The first-order valence-corrected chi connectivity index (χ1v) is 26.6. The molecule has 0 saturated heterocycles. The van der Waals surface area contributed by atoms with E-state index in [9.17, 15) is 19.4 Å². The van der Waals surface area contributed by atoms with Gasteiger partial charge in [0.05, 0.1) is 39.9 Å². The number of hydrogen-bond acceptors (Lipinski definition) is 6. The lowest BCUT2D eigenvalue weighted by atomic mass is 10.0. The zero-order chi connectivity index (χ0) is 45.0. The van der Waals surface area contributed by atoms with Crippen LogP contribution in [-0.4, -0.2) is 68.5 Å². The molecule has 0 aromatic heterocycles. The Morgan fingerprint density at radius 2 is 1.02 bits per heavy atom. The van der Waals surface area contributed by atoms with Gasteiger partial charge in [-0.15, -0.1) is 0 Å². The minimum atomic E-state index is -4.60. The molecular formula is C52H97N2O6P. The highest BCUT2D eigenvalue weighted by Gasteiger charge is 2.23. The molecule has 0 spiro atoms. The van der Waals surface area contributed by atoms with Crippen molar-refractivity contribution in [1.29, 1.82) is 0 Å². The molecule has 1 amide bonds. The van der Waals surface area contributed by atoms with Crippen LogP contribution in [0, 0.1) is 0 Å². The van der Waals surface area contributed by atoms with Gasteiger partial charge in [-0.25, -0.2) is 0 Å².